The Morgan fingerprint density at radius 1 is 1.07 bits per heavy atom. The smallest absolute Gasteiger partial charge is 0.309 e. The van der Waals surface area contributed by atoms with Crippen LogP contribution in [-0.4, -0.2) is 42.4 Å². The first kappa shape index (κ1) is 18.0. The van der Waals surface area contributed by atoms with Gasteiger partial charge < -0.3 is 14.4 Å². The Hall–Kier alpha value is -3.35. The molecule has 2 aliphatic rings. The number of nitrogens with zero attached hydrogens (tertiary/aromatic N) is 2. The van der Waals surface area contributed by atoms with Crippen molar-refractivity contribution in [1.82, 2.24) is 4.90 Å². The van der Waals surface area contributed by atoms with Gasteiger partial charge in [0.25, 0.3) is 5.91 Å². The molecule has 0 aliphatic carbocycles. The van der Waals surface area contributed by atoms with Crippen molar-refractivity contribution in [2.45, 2.75) is 25.6 Å². The van der Waals surface area contributed by atoms with Gasteiger partial charge in [0.1, 0.15) is 12.3 Å². The Balaban J connectivity index is 1.54. The third-order valence-corrected chi connectivity index (χ3v) is 5.03. The molecule has 0 spiro atoms. The highest BCUT2D eigenvalue weighted by molar-refractivity contribution is 6.05. The summed E-state index contributed by atoms with van der Waals surface area (Å²) in [5, 5.41) is 0. The first-order valence-corrected chi connectivity index (χ1v) is 9.05. The van der Waals surface area contributed by atoms with Gasteiger partial charge in [-0.15, -0.1) is 0 Å². The number of benzene rings is 2. The molecule has 0 unspecified atom stereocenters. The molecule has 28 heavy (non-hydrogen) atoms. The minimum absolute atomic E-state index is 0.106. The Morgan fingerprint density at radius 3 is 2.39 bits per heavy atom. The number of fused-ring (bicyclic) bond motifs is 2. The lowest BCUT2D eigenvalue weighted by atomic mass is 10.1. The third-order valence-electron chi connectivity index (χ3n) is 5.03. The van der Waals surface area contributed by atoms with Crippen LogP contribution in [0.15, 0.2) is 48.5 Å². The molecule has 0 aromatic heterocycles. The summed E-state index contributed by atoms with van der Waals surface area (Å²) in [6.45, 7) is 0.951. The van der Waals surface area contributed by atoms with E-state index in [9.17, 15) is 14.4 Å². The average Bonchev–Trinajstić information content (AvgIpc) is 3.15. The molecule has 2 aromatic rings. The molecule has 2 heterocycles. The van der Waals surface area contributed by atoms with E-state index >= 15 is 0 Å². The summed E-state index contributed by atoms with van der Waals surface area (Å²) in [5.74, 6) is -0.653. The minimum atomic E-state index is -1.01. The molecule has 2 amide bonds. The van der Waals surface area contributed by atoms with Crippen LogP contribution in [0, 0.1) is 0 Å². The number of esters is 1. The fraction of sp³-hybridized carbons (Fsp3) is 0.286. The van der Waals surface area contributed by atoms with Gasteiger partial charge in [-0.3, -0.25) is 19.3 Å². The van der Waals surface area contributed by atoms with Gasteiger partial charge in [0, 0.05) is 13.1 Å². The van der Waals surface area contributed by atoms with Crippen LogP contribution >= 0.6 is 0 Å². The molecule has 0 N–H and O–H groups in total. The molecule has 0 saturated heterocycles. The van der Waals surface area contributed by atoms with E-state index in [0.29, 0.717) is 24.5 Å². The molecule has 1 atom stereocenters. The highest BCUT2D eigenvalue weighted by atomic mass is 16.5. The minimum Gasteiger partial charge on any atom is -0.478 e. The molecule has 7 heteroatoms. The first-order valence-electron chi connectivity index (χ1n) is 9.05. The van der Waals surface area contributed by atoms with E-state index in [1.165, 1.54) is 12.0 Å². The van der Waals surface area contributed by atoms with Gasteiger partial charge in [-0.25, -0.2) is 0 Å². The number of carbonyl (C=O) groups is 3. The number of hydrogen-bond donors (Lipinski definition) is 0. The van der Waals surface area contributed by atoms with Crippen LogP contribution in [0.5, 0.6) is 5.75 Å². The van der Waals surface area contributed by atoms with Crippen molar-refractivity contribution in [3.8, 4) is 5.75 Å². The molecule has 144 valence electrons. The quantitative estimate of drug-likeness (QED) is 0.757. The van der Waals surface area contributed by atoms with Gasteiger partial charge in [0.2, 0.25) is 5.91 Å². The van der Waals surface area contributed by atoms with Gasteiger partial charge >= 0.3 is 5.97 Å². The van der Waals surface area contributed by atoms with E-state index in [4.69, 9.17) is 4.74 Å². The summed E-state index contributed by atoms with van der Waals surface area (Å²) >= 11 is 0. The Bertz CT molecular complexity index is 917. The predicted molar refractivity (Wildman–Crippen MR) is 101 cm³/mol. The van der Waals surface area contributed by atoms with Crippen LogP contribution in [0.25, 0.3) is 0 Å². The summed E-state index contributed by atoms with van der Waals surface area (Å²) in [6.07, 6.45) is -1.21. The van der Waals surface area contributed by atoms with E-state index in [1.54, 1.807) is 29.2 Å². The van der Waals surface area contributed by atoms with E-state index in [1.807, 2.05) is 24.3 Å². The molecule has 2 aliphatic heterocycles. The normalized spacial score (nSPS) is 17.6. The van der Waals surface area contributed by atoms with Crippen molar-refractivity contribution in [2.24, 2.45) is 0 Å². The number of amides is 2. The molecule has 0 bridgehead atoms. The standard InChI is InChI=1S/C21H20N2O5/c1-27-20(25)10-18-21(26)23(16-8-4-5-9-17(16)28-18)13-19(24)22-11-14-6-2-3-7-15(14)12-22/h2-9,18H,10-13H2,1H3/t18-/m1/s1. The largest absolute Gasteiger partial charge is 0.478 e. The summed E-state index contributed by atoms with van der Waals surface area (Å²) in [5.41, 5.74) is 2.76. The fourth-order valence-electron chi connectivity index (χ4n) is 3.55. The topological polar surface area (TPSA) is 76.2 Å². The maximum atomic E-state index is 12.9. The van der Waals surface area contributed by atoms with Gasteiger partial charge in [-0.1, -0.05) is 36.4 Å². The average molecular weight is 380 g/mol. The molecule has 0 radical (unpaired) electrons. The third kappa shape index (κ3) is 3.31. The Kier molecular flexibility index (Phi) is 4.73. The number of methoxy groups -OCH3 is 1. The van der Waals surface area contributed by atoms with Crippen molar-refractivity contribution in [3.05, 3.63) is 59.7 Å². The highest BCUT2D eigenvalue weighted by Crippen LogP contribution is 2.35. The second kappa shape index (κ2) is 7.34. The van der Waals surface area contributed by atoms with Gasteiger partial charge in [0.05, 0.1) is 19.2 Å². The maximum absolute atomic E-state index is 12.9. The number of ether oxygens (including phenoxy) is 2. The van der Waals surface area contributed by atoms with Gasteiger partial charge in [0.15, 0.2) is 6.10 Å². The summed E-state index contributed by atoms with van der Waals surface area (Å²) in [7, 11) is 1.26. The summed E-state index contributed by atoms with van der Waals surface area (Å²) in [4.78, 5) is 40.6. The van der Waals surface area contributed by atoms with Crippen LogP contribution in [-0.2, 0) is 32.2 Å². The Morgan fingerprint density at radius 2 is 1.71 bits per heavy atom. The van der Waals surface area contributed by atoms with Crippen LogP contribution in [0.2, 0.25) is 0 Å². The monoisotopic (exact) mass is 380 g/mol. The summed E-state index contributed by atoms with van der Waals surface area (Å²) < 4.78 is 10.3. The van der Waals surface area contributed by atoms with Crippen molar-refractivity contribution < 1.29 is 23.9 Å². The number of anilines is 1. The number of rotatable bonds is 4. The van der Waals surface area contributed by atoms with Crippen LogP contribution in [0.1, 0.15) is 17.5 Å². The first-order chi connectivity index (χ1) is 13.6. The van der Waals surface area contributed by atoms with Crippen molar-refractivity contribution in [1.29, 1.82) is 0 Å². The molecular weight excluding hydrogens is 360 g/mol. The predicted octanol–water partition coefficient (Wildman–Crippen LogP) is 1.89. The SMILES string of the molecule is COC(=O)C[C@H]1Oc2ccccc2N(CC(=O)N2Cc3ccccc3C2)C1=O. The van der Waals surface area contributed by atoms with Crippen LogP contribution in [0.3, 0.4) is 0 Å². The highest BCUT2D eigenvalue weighted by Gasteiger charge is 2.38. The van der Waals surface area contributed by atoms with Gasteiger partial charge in [-0.05, 0) is 23.3 Å². The molecule has 7 nitrogen and oxygen atoms in total. The molecule has 4 rings (SSSR count). The van der Waals surface area contributed by atoms with Crippen LogP contribution in [0.4, 0.5) is 5.69 Å². The molecule has 2 aromatic carbocycles. The molecule has 0 saturated carbocycles. The number of hydrogen-bond acceptors (Lipinski definition) is 5. The zero-order valence-corrected chi connectivity index (χ0v) is 15.5. The zero-order chi connectivity index (χ0) is 19.7. The second-order valence-electron chi connectivity index (χ2n) is 6.80. The second-order valence-corrected chi connectivity index (χ2v) is 6.80. The van der Waals surface area contributed by atoms with E-state index in [-0.39, 0.29) is 18.9 Å². The summed E-state index contributed by atoms with van der Waals surface area (Å²) in [6, 6.07) is 14.9. The molecule has 0 fully saturated rings. The maximum Gasteiger partial charge on any atom is 0.309 e. The molecular formula is C21H20N2O5. The number of carbonyl (C=O) groups excluding carboxylic acids is 3. The lowest BCUT2D eigenvalue weighted by molar-refractivity contribution is -0.145. The lowest BCUT2D eigenvalue weighted by Gasteiger charge is -2.34. The van der Waals surface area contributed by atoms with E-state index < -0.39 is 18.0 Å². The van der Waals surface area contributed by atoms with Crippen molar-refractivity contribution in [3.63, 3.8) is 0 Å². The Labute approximate surface area is 162 Å². The fourth-order valence-corrected chi connectivity index (χ4v) is 3.55. The van der Waals surface area contributed by atoms with Crippen molar-refractivity contribution >= 4 is 23.5 Å². The zero-order valence-electron chi connectivity index (χ0n) is 15.5. The van der Waals surface area contributed by atoms with E-state index in [0.717, 1.165) is 11.1 Å². The lowest BCUT2D eigenvalue weighted by Crippen LogP contribution is -2.50. The van der Waals surface area contributed by atoms with E-state index in [2.05, 4.69) is 4.74 Å². The van der Waals surface area contributed by atoms with Crippen LogP contribution < -0.4 is 9.64 Å². The number of para-hydroxylation sites is 2. The van der Waals surface area contributed by atoms with Crippen molar-refractivity contribution in [2.75, 3.05) is 18.6 Å². The van der Waals surface area contributed by atoms with Gasteiger partial charge in [-0.2, -0.15) is 0 Å².